The Morgan fingerprint density at radius 2 is 2.30 bits per heavy atom. The molecule has 0 fully saturated rings. The fraction of sp³-hybridized carbons (Fsp3) is 0.357. The Morgan fingerprint density at radius 3 is 2.95 bits per heavy atom. The van der Waals surface area contributed by atoms with Crippen LogP contribution in [0.25, 0.3) is 0 Å². The Balaban J connectivity index is 1.94. The quantitative estimate of drug-likeness (QED) is 0.779. The number of halogens is 1. The highest BCUT2D eigenvalue weighted by Crippen LogP contribution is 2.32. The molecule has 0 aliphatic heterocycles. The van der Waals surface area contributed by atoms with E-state index in [0.29, 0.717) is 6.61 Å². The van der Waals surface area contributed by atoms with E-state index in [1.165, 1.54) is 0 Å². The monoisotopic (exact) mass is 328 g/mol. The van der Waals surface area contributed by atoms with Crippen LogP contribution >= 0.6 is 34.7 Å². The van der Waals surface area contributed by atoms with Crippen molar-refractivity contribution in [2.45, 2.75) is 22.7 Å². The van der Waals surface area contributed by atoms with E-state index < -0.39 is 0 Å². The smallest absolute Gasteiger partial charge is 0.154 e. The van der Waals surface area contributed by atoms with Crippen LogP contribution < -0.4 is 5.32 Å². The van der Waals surface area contributed by atoms with E-state index in [1.807, 2.05) is 13.0 Å². The van der Waals surface area contributed by atoms with Crippen molar-refractivity contribution in [1.29, 1.82) is 0 Å². The van der Waals surface area contributed by atoms with Crippen LogP contribution in [0.3, 0.4) is 0 Å². The van der Waals surface area contributed by atoms with E-state index in [4.69, 9.17) is 16.3 Å². The number of hydrogen-bond donors (Lipinski definition) is 1. The molecular formula is C14H17ClN2OS2. The standard InChI is InChI=1S/C14H17ClN2OS2/c1-10-9-19-14(17-10)20-12-4-3-11(13(15)7-12)8-16-5-6-18-2/h3-4,7,9,16H,5-6,8H2,1-2H3. The van der Waals surface area contributed by atoms with Gasteiger partial charge >= 0.3 is 0 Å². The highest BCUT2D eigenvalue weighted by atomic mass is 35.5. The fourth-order valence-corrected chi connectivity index (χ4v) is 3.77. The predicted molar refractivity (Wildman–Crippen MR) is 86.0 cm³/mol. The molecule has 0 aliphatic rings. The first-order chi connectivity index (χ1) is 9.69. The lowest BCUT2D eigenvalue weighted by molar-refractivity contribution is 0.199. The number of aryl methyl sites for hydroxylation is 1. The summed E-state index contributed by atoms with van der Waals surface area (Å²) in [5.41, 5.74) is 2.16. The molecule has 0 atom stereocenters. The summed E-state index contributed by atoms with van der Waals surface area (Å²) in [5, 5.41) is 6.13. The molecule has 0 spiro atoms. The molecule has 1 heterocycles. The lowest BCUT2D eigenvalue weighted by atomic mass is 10.2. The number of nitrogens with zero attached hydrogens (tertiary/aromatic N) is 1. The second-order valence-corrected chi connectivity index (χ2v) is 6.87. The van der Waals surface area contributed by atoms with Crippen molar-refractivity contribution < 1.29 is 4.74 Å². The summed E-state index contributed by atoms with van der Waals surface area (Å²) in [6.07, 6.45) is 0. The lowest BCUT2D eigenvalue weighted by Gasteiger charge is -2.07. The zero-order chi connectivity index (χ0) is 14.4. The van der Waals surface area contributed by atoms with Gasteiger partial charge in [0.15, 0.2) is 4.34 Å². The first kappa shape index (κ1) is 15.8. The Hall–Kier alpha value is -0.590. The second kappa shape index (κ2) is 8.00. The molecule has 1 N–H and O–H groups in total. The van der Waals surface area contributed by atoms with Crippen LogP contribution in [-0.2, 0) is 11.3 Å². The van der Waals surface area contributed by atoms with Crippen LogP contribution in [0.2, 0.25) is 5.02 Å². The number of ether oxygens (including phenoxy) is 1. The maximum absolute atomic E-state index is 6.31. The van der Waals surface area contributed by atoms with Crippen LogP contribution in [0.15, 0.2) is 32.8 Å². The molecule has 0 unspecified atom stereocenters. The zero-order valence-corrected chi connectivity index (χ0v) is 13.9. The number of benzene rings is 1. The Labute approximate surface area is 132 Å². The van der Waals surface area contributed by atoms with Gasteiger partial charge in [0.25, 0.3) is 0 Å². The first-order valence-electron chi connectivity index (χ1n) is 6.27. The van der Waals surface area contributed by atoms with Gasteiger partial charge < -0.3 is 10.1 Å². The summed E-state index contributed by atoms with van der Waals surface area (Å²) >= 11 is 9.61. The highest BCUT2D eigenvalue weighted by molar-refractivity contribution is 8.01. The molecule has 1 aromatic carbocycles. The van der Waals surface area contributed by atoms with Crippen LogP contribution in [0.1, 0.15) is 11.3 Å². The van der Waals surface area contributed by atoms with Crippen molar-refractivity contribution in [3.63, 3.8) is 0 Å². The Bertz CT molecular complexity index is 560. The largest absolute Gasteiger partial charge is 0.383 e. The summed E-state index contributed by atoms with van der Waals surface area (Å²) < 4.78 is 6.04. The number of hydrogen-bond acceptors (Lipinski definition) is 5. The summed E-state index contributed by atoms with van der Waals surface area (Å²) in [6.45, 7) is 4.28. The molecule has 0 bridgehead atoms. The number of methoxy groups -OCH3 is 1. The first-order valence-corrected chi connectivity index (χ1v) is 8.34. The third-order valence-corrected chi connectivity index (χ3v) is 5.02. The molecule has 1 aromatic heterocycles. The molecular weight excluding hydrogens is 312 g/mol. The van der Waals surface area contributed by atoms with Crippen LogP contribution in [0.5, 0.6) is 0 Å². The lowest BCUT2D eigenvalue weighted by Crippen LogP contribution is -2.18. The summed E-state index contributed by atoms with van der Waals surface area (Å²) in [4.78, 5) is 5.56. The zero-order valence-electron chi connectivity index (χ0n) is 11.5. The predicted octanol–water partition coefficient (Wildman–Crippen LogP) is 3.99. The Morgan fingerprint density at radius 1 is 1.45 bits per heavy atom. The van der Waals surface area contributed by atoms with Gasteiger partial charge in [0.05, 0.1) is 6.61 Å². The van der Waals surface area contributed by atoms with Crippen LogP contribution in [0.4, 0.5) is 0 Å². The topological polar surface area (TPSA) is 34.1 Å². The minimum absolute atomic E-state index is 0.703. The van der Waals surface area contributed by atoms with Crippen molar-refractivity contribution in [2.24, 2.45) is 0 Å². The molecule has 108 valence electrons. The van der Waals surface area contributed by atoms with Gasteiger partial charge in [-0.05, 0) is 24.6 Å². The van der Waals surface area contributed by atoms with Gasteiger partial charge in [-0.25, -0.2) is 4.98 Å². The average Bonchev–Trinajstić information content (AvgIpc) is 2.82. The SMILES string of the molecule is COCCNCc1ccc(Sc2nc(C)cs2)cc1Cl. The van der Waals surface area contributed by atoms with E-state index in [1.54, 1.807) is 30.2 Å². The summed E-state index contributed by atoms with van der Waals surface area (Å²) in [6, 6.07) is 6.14. The molecule has 20 heavy (non-hydrogen) atoms. The van der Waals surface area contributed by atoms with E-state index in [2.05, 4.69) is 27.8 Å². The third-order valence-electron chi connectivity index (χ3n) is 2.63. The average molecular weight is 329 g/mol. The maximum atomic E-state index is 6.31. The molecule has 2 aromatic rings. The van der Waals surface area contributed by atoms with Gasteiger partial charge in [-0.3, -0.25) is 0 Å². The molecule has 3 nitrogen and oxygen atoms in total. The highest BCUT2D eigenvalue weighted by Gasteiger charge is 2.05. The summed E-state index contributed by atoms with van der Waals surface area (Å²) in [7, 11) is 1.70. The van der Waals surface area contributed by atoms with Crippen molar-refractivity contribution in [1.82, 2.24) is 10.3 Å². The van der Waals surface area contributed by atoms with Crippen LogP contribution in [-0.4, -0.2) is 25.2 Å². The van der Waals surface area contributed by atoms with Gasteiger partial charge in [0.1, 0.15) is 0 Å². The molecule has 0 aliphatic carbocycles. The van der Waals surface area contributed by atoms with Gasteiger partial charge in [-0.2, -0.15) is 0 Å². The molecule has 0 saturated carbocycles. The van der Waals surface area contributed by atoms with Gasteiger partial charge in [-0.15, -0.1) is 11.3 Å². The van der Waals surface area contributed by atoms with Crippen molar-refractivity contribution in [3.05, 3.63) is 39.9 Å². The van der Waals surface area contributed by atoms with Crippen LogP contribution in [0, 0.1) is 6.92 Å². The van der Waals surface area contributed by atoms with Crippen molar-refractivity contribution in [3.8, 4) is 0 Å². The molecule has 0 radical (unpaired) electrons. The molecule has 0 saturated heterocycles. The van der Waals surface area contributed by atoms with Crippen molar-refractivity contribution >= 4 is 34.7 Å². The molecule has 0 amide bonds. The Kier molecular flexibility index (Phi) is 6.32. The van der Waals surface area contributed by atoms with Gasteiger partial charge in [0.2, 0.25) is 0 Å². The number of rotatable bonds is 7. The molecule has 2 rings (SSSR count). The minimum atomic E-state index is 0.703. The molecule has 6 heteroatoms. The normalized spacial score (nSPS) is 10.9. The van der Waals surface area contributed by atoms with Gasteiger partial charge in [0, 0.05) is 41.2 Å². The minimum Gasteiger partial charge on any atom is -0.383 e. The van der Waals surface area contributed by atoms with Gasteiger partial charge in [-0.1, -0.05) is 29.4 Å². The number of aromatic nitrogens is 1. The maximum Gasteiger partial charge on any atom is 0.154 e. The number of nitrogens with one attached hydrogen (secondary N) is 1. The van der Waals surface area contributed by atoms with E-state index in [-0.39, 0.29) is 0 Å². The fourth-order valence-electron chi connectivity index (χ4n) is 1.61. The number of thiazole rings is 1. The van der Waals surface area contributed by atoms with E-state index >= 15 is 0 Å². The van der Waals surface area contributed by atoms with E-state index in [0.717, 1.165) is 38.6 Å². The van der Waals surface area contributed by atoms with E-state index in [9.17, 15) is 0 Å². The summed E-state index contributed by atoms with van der Waals surface area (Å²) in [5.74, 6) is 0. The second-order valence-electron chi connectivity index (χ2n) is 4.28. The third kappa shape index (κ3) is 4.75. The van der Waals surface area contributed by atoms with Crippen molar-refractivity contribution in [2.75, 3.05) is 20.3 Å².